The summed E-state index contributed by atoms with van der Waals surface area (Å²) in [4.78, 5) is 13.9. The van der Waals surface area contributed by atoms with Gasteiger partial charge in [0.25, 0.3) is 0 Å². The summed E-state index contributed by atoms with van der Waals surface area (Å²) in [6, 6.07) is 8.60. The Morgan fingerprint density at radius 1 is 1.14 bits per heavy atom. The van der Waals surface area contributed by atoms with E-state index in [-0.39, 0.29) is 23.9 Å². The van der Waals surface area contributed by atoms with Crippen molar-refractivity contribution in [2.24, 2.45) is 11.7 Å². The summed E-state index contributed by atoms with van der Waals surface area (Å²) in [7, 11) is 0. The lowest BCUT2D eigenvalue weighted by Crippen LogP contribution is -2.43. The van der Waals surface area contributed by atoms with E-state index in [1.54, 1.807) is 0 Å². The second-order valence-electron chi connectivity index (χ2n) is 6.14. The number of carbonyl (C=O) groups excluding carboxylic acids is 1. The fourth-order valence-corrected chi connectivity index (χ4v) is 4.56. The average Bonchev–Trinajstić information content (AvgIpc) is 2.72. The molecule has 1 aliphatic heterocycles. The van der Waals surface area contributed by atoms with Crippen LogP contribution in [0.4, 0.5) is 0 Å². The van der Waals surface area contributed by atoms with Gasteiger partial charge in [0, 0.05) is 16.7 Å². The standard InChI is InChI=1S/C17H24N2OS/c18-14-8-3-1-2-6-12(14)17(20)19-15-10-11-21-16-9-5-4-7-13(15)16/h4-5,7,9,12,14-15H,1-3,6,8,10-11,18H2,(H,19,20). The largest absolute Gasteiger partial charge is 0.349 e. The van der Waals surface area contributed by atoms with Gasteiger partial charge in [-0.1, -0.05) is 37.5 Å². The first kappa shape index (κ1) is 14.9. The van der Waals surface area contributed by atoms with E-state index in [1.807, 2.05) is 11.8 Å². The third kappa shape index (κ3) is 3.43. The van der Waals surface area contributed by atoms with Crippen LogP contribution in [0.25, 0.3) is 0 Å². The molecule has 0 bridgehead atoms. The molecule has 3 nitrogen and oxygen atoms in total. The summed E-state index contributed by atoms with van der Waals surface area (Å²) < 4.78 is 0. The van der Waals surface area contributed by atoms with Gasteiger partial charge >= 0.3 is 0 Å². The molecular formula is C17H24N2OS. The molecule has 1 fully saturated rings. The zero-order valence-electron chi connectivity index (χ0n) is 12.4. The van der Waals surface area contributed by atoms with Gasteiger partial charge in [-0.15, -0.1) is 11.8 Å². The van der Waals surface area contributed by atoms with Crippen molar-refractivity contribution >= 4 is 17.7 Å². The molecule has 3 unspecified atom stereocenters. The van der Waals surface area contributed by atoms with Crippen molar-refractivity contribution < 1.29 is 4.79 Å². The second kappa shape index (κ2) is 6.84. The Morgan fingerprint density at radius 3 is 2.86 bits per heavy atom. The third-order valence-electron chi connectivity index (χ3n) is 4.68. The number of nitrogens with one attached hydrogen (secondary N) is 1. The number of benzene rings is 1. The molecule has 3 rings (SSSR count). The highest BCUT2D eigenvalue weighted by molar-refractivity contribution is 7.99. The van der Waals surface area contributed by atoms with Crippen LogP contribution >= 0.6 is 11.8 Å². The maximum absolute atomic E-state index is 12.6. The van der Waals surface area contributed by atoms with Crippen molar-refractivity contribution in [1.29, 1.82) is 0 Å². The Labute approximate surface area is 131 Å². The fraction of sp³-hybridized carbons (Fsp3) is 0.588. The number of hydrogen-bond donors (Lipinski definition) is 2. The lowest BCUT2D eigenvalue weighted by Gasteiger charge is -2.29. The maximum Gasteiger partial charge on any atom is 0.225 e. The molecule has 0 saturated heterocycles. The first-order chi connectivity index (χ1) is 10.3. The molecule has 0 spiro atoms. The predicted octanol–water partition coefficient (Wildman–Crippen LogP) is 3.25. The molecule has 4 heteroatoms. The van der Waals surface area contributed by atoms with Gasteiger partial charge in [-0.3, -0.25) is 4.79 Å². The van der Waals surface area contributed by atoms with Gasteiger partial charge in [-0.2, -0.15) is 0 Å². The van der Waals surface area contributed by atoms with Gasteiger partial charge in [0.1, 0.15) is 0 Å². The predicted molar refractivity (Wildman–Crippen MR) is 87.2 cm³/mol. The first-order valence-corrected chi connectivity index (χ1v) is 9.02. The van der Waals surface area contributed by atoms with Crippen molar-refractivity contribution in [2.75, 3.05) is 5.75 Å². The van der Waals surface area contributed by atoms with E-state index in [9.17, 15) is 4.79 Å². The summed E-state index contributed by atoms with van der Waals surface area (Å²) in [6.45, 7) is 0. The summed E-state index contributed by atoms with van der Waals surface area (Å²) in [5.74, 6) is 1.23. The molecule has 2 aliphatic rings. The monoisotopic (exact) mass is 304 g/mol. The molecular weight excluding hydrogens is 280 g/mol. The highest BCUT2D eigenvalue weighted by Crippen LogP contribution is 2.36. The molecule has 1 saturated carbocycles. The summed E-state index contributed by atoms with van der Waals surface area (Å²) >= 11 is 1.88. The zero-order chi connectivity index (χ0) is 14.7. The van der Waals surface area contributed by atoms with E-state index in [2.05, 4.69) is 29.6 Å². The molecule has 1 aromatic rings. The summed E-state index contributed by atoms with van der Waals surface area (Å²) in [5.41, 5.74) is 7.48. The van der Waals surface area contributed by atoms with Crippen molar-refractivity contribution in [3.05, 3.63) is 29.8 Å². The first-order valence-electron chi connectivity index (χ1n) is 8.03. The molecule has 1 heterocycles. The third-order valence-corrected chi connectivity index (χ3v) is 5.80. The summed E-state index contributed by atoms with van der Waals surface area (Å²) in [5, 5.41) is 3.27. The molecule has 0 radical (unpaired) electrons. The van der Waals surface area contributed by atoms with E-state index in [0.717, 1.165) is 37.9 Å². The van der Waals surface area contributed by atoms with Gasteiger partial charge in [0.05, 0.1) is 12.0 Å². The molecule has 0 aromatic heterocycles. The molecule has 1 aromatic carbocycles. The molecule has 1 aliphatic carbocycles. The highest BCUT2D eigenvalue weighted by Gasteiger charge is 2.30. The molecule has 114 valence electrons. The lowest BCUT2D eigenvalue weighted by molar-refractivity contribution is -0.126. The quantitative estimate of drug-likeness (QED) is 0.825. The fourth-order valence-electron chi connectivity index (χ4n) is 3.43. The van der Waals surface area contributed by atoms with Crippen molar-refractivity contribution in [1.82, 2.24) is 5.32 Å². The Kier molecular flexibility index (Phi) is 4.86. The minimum absolute atomic E-state index is 0.00533. The minimum atomic E-state index is -0.00533. The number of fused-ring (bicyclic) bond motifs is 1. The van der Waals surface area contributed by atoms with Crippen LogP contribution in [0.3, 0.4) is 0 Å². The smallest absolute Gasteiger partial charge is 0.225 e. The zero-order valence-corrected chi connectivity index (χ0v) is 13.2. The van der Waals surface area contributed by atoms with Crippen LogP contribution in [0.1, 0.15) is 50.1 Å². The number of nitrogens with two attached hydrogens (primary N) is 1. The normalized spacial score (nSPS) is 29.3. The maximum atomic E-state index is 12.6. The van der Waals surface area contributed by atoms with Gasteiger partial charge in [-0.25, -0.2) is 0 Å². The molecule has 3 atom stereocenters. The summed E-state index contributed by atoms with van der Waals surface area (Å²) in [6.07, 6.45) is 6.43. The van der Waals surface area contributed by atoms with E-state index in [0.29, 0.717) is 0 Å². The SMILES string of the molecule is NC1CCCCCC1C(=O)NC1CCSc2ccccc21. The Balaban J connectivity index is 1.70. The van der Waals surface area contributed by atoms with Crippen molar-refractivity contribution in [2.45, 2.75) is 55.5 Å². The van der Waals surface area contributed by atoms with Crippen molar-refractivity contribution in [3.8, 4) is 0 Å². The van der Waals surface area contributed by atoms with E-state index in [1.165, 1.54) is 16.9 Å². The van der Waals surface area contributed by atoms with Crippen LogP contribution in [0, 0.1) is 5.92 Å². The number of rotatable bonds is 2. The number of thioether (sulfide) groups is 1. The van der Waals surface area contributed by atoms with Gasteiger partial charge in [-0.05, 0) is 30.9 Å². The van der Waals surface area contributed by atoms with Crippen LogP contribution in [0.2, 0.25) is 0 Å². The number of amides is 1. The topological polar surface area (TPSA) is 55.1 Å². The van der Waals surface area contributed by atoms with Gasteiger partial charge in [0.2, 0.25) is 5.91 Å². The lowest BCUT2D eigenvalue weighted by atomic mass is 9.93. The van der Waals surface area contributed by atoms with Crippen LogP contribution in [-0.4, -0.2) is 17.7 Å². The minimum Gasteiger partial charge on any atom is -0.349 e. The molecule has 3 N–H and O–H groups in total. The van der Waals surface area contributed by atoms with Gasteiger partial charge < -0.3 is 11.1 Å². The van der Waals surface area contributed by atoms with Crippen LogP contribution < -0.4 is 11.1 Å². The van der Waals surface area contributed by atoms with E-state index in [4.69, 9.17) is 5.73 Å². The number of carbonyl (C=O) groups is 1. The average molecular weight is 304 g/mol. The van der Waals surface area contributed by atoms with Gasteiger partial charge in [0.15, 0.2) is 0 Å². The van der Waals surface area contributed by atoms with Crippen LogP contribution in [-0.2, 0) is 4.79 Å². The van der Waals surface area contributed by atoms with E-state index < -0.39 is 0 Å². The number of hydrogen-bond acceptors (Lipinski definition) is 3. The van der Waals surface area contributed by atoms with Crippen LogP contribution in [0.15, 0.2) is 29.2 Å². The Bertz CT molecular complexity index is 505. The second-order valence-corrected chi connectivity index (χ2v) is 7.28. The van der Waals surface area contributed by atoms with E-state index >= 15 is 0 Å². The van der Waals surface area contributed by atoms with Crippen molar-refractivity contribution in [3.63, 3.8) is 0 Å². The molecule has 21 heavy (non-hydrogen) atoms. The van der Waals surface area contributed by atoms with Crippen LogP contribution in [0.5, 0.6) is 0 Å². The Morgan fingerprint density at radius 2 is 1.95 bits per heavy atom. The highest BCUT2D eigenvalue weighted by atomic mass is 32.2. The Hall–Kier alpha value is -1.00. The molecule has 1 amide bonds.